The van der Waals surface area contributed by atoms with Crippen LogP contribution in [-0.2, 0) is 16.6 Å². The molecule has 0 unspecified atom stereocenters. The molecular weight excluding hydrogens is 264 g/mol. The van der Waals surface area contributed by atoms with Gasteiger partial charge in [0.15, 0.2) is 0 Å². The normalized spacial score (nSPS) is 25.6. The SMILES string of the molecule is Cc1ccoc1CN[C@@H]1CCN(S(C)(=O)=O)C[C@H]1C. The lowest BCUT2D eigenvalue weighted by molar-refractivity contribution is 0.217. The summed E-state index contributed by atoms with van der Waals surface area (Å²) in [5.74, 6) is 1.26. The minimum atomic E-state index is -3.06. The molecule has 1 aliphatic heterocycles. The van der Waals surface area contributed by atoms with Gasteiger partial charge in [-0.3, -0.25) is 0 Å². The van der Waals surface area contributed by atoms with E-state index in [1.165, 1.54) is 6.26 Å². The molecule has 0 aromatic carbocycles. The van der Waals surface area contributed by atoms with Crippen LogP contribution in [0.1, 0.15) is 24.7 Å². The second kappa shape index (κ2) is 5.64. The lowest BCUT2D eigenvalue weighted by Gasteiger charge is -2.35. The van der Waals surface area contributed by atoms with Gasteiger partial charge in [-0.1, -0.05) is 6.92 Å². The number of rotatable bonds is 4. The summed E-state index contributed by atoms with van der Waals surface area (Å²) in [5, 5.41) is 3.47. The number of piperidine rings is 1. The molecule has 1 aliphatic rings. The summed E-state index contributed by atoms with van der Waals surface area (Å²) in [4.78, 5) is 0. The van der Waals surface area contributed by atoms with E-state index in [4.69, 9.17) is 4.42 Å². The van der Waals surface area contributed by atoms with E-state index in [0.717, 1.165) is 17.7 Å². The molecule has 2 heterocycles. The van der Waals surface area contributed by atoms with Crippen molar-refractivity contribution in [3.05, 3.63) is 23.7 Å². The molecule has 19 heavy (non-hydrogen) atoms. The molecule has 1 fully saturated rings. The Morgan fingerprint density at radius 1 is 1.53 bits per heavy atom. The number of furan rings is 1. The lowest BCUT2D eigenvalue weighted by Crippen LogP contribution is -2.49. The third-order valence-electron chi connectivity index (χ3n) is 3.83. The number of nitrogens with zero attached hydrogens (tertiary/aromatic N) is 1. The summed E-state index contributed by atoms with van der Waals surface area (Å²) in [6.07, 6.45) is 3.82. The van der Waals surface area contributed by atoms with E-state index in [9.17, 15) is 8.42 Å². The summed E-state index contributed by atoms with van der Waals surface area (Å²) in [7, 11) is -3.06. The minimum absolute atomic E-state index is 0.304. The predicted octanol–water partition coefficient (Wildman–Crippen LogP) is 1.35. The van der Waals surface area contributed by atoms with Crippen LogP contribution in [0.4, 0.5) is 0 Å². The van der Waals surface area contributed by atoms with Gasteiger partial charge in [-0.2, -0.15) is 0 Å². The topological polar surface area (TPSA) is 62.6 Å². The molecule has 1 N–H and O–H groups in total. The molecule has 6 heteroatoms. The van der Waals surface area contributed by atoms with Crippen molar-refractivity contribution in [1.82, 2.24) is 9.62 Å². The maximum Gasteiger partial charge on any atom is 0.211 e. The molecule has 1 aromatic rings. The van der Waals surface area contributed by atoms with Crippen molar-refractivity contribution in [2.45, 2.75) is 32.9 Å². The largest absolute Gasteiger partial charge is 0.468 e. The quantitative estimate of drug-likeness (QED) is 0.907. The van der Waals surface area contributed by atoms with Gasteiger partial charge >= 0.3 is 0 Å². The van der Waals surface area contributed by atoms with Crippen LogP contribution in [0.5, 0.6) is 0 Å². The van der Waals surface area contributed by atoms with Crippen LogP contribution in [0.15, 0.2) is 16.7 Å². The number of hydrogen-bond donors (Lipinski definition) is 1. The number of hydrogen-bond acceptors (Lipinski definition) is 4. The van der Waals surface area contributed by atoms with Crippen molar-refractivity contribution < 1.29 is 12.8 Å². The molecule has 0 bridgehead atoms. The third-order valence-corrected chi connectivity index (χ3v) is 5.10. The van der Waals surface area contributed by atoms with Crippen LogP contribution >= 0.6 is 0 Å². The smallest absolute Gasteiger partial charge is 0.211 e. The molecule has 5 nitrogen and oxygen atoms in total. The Kier molecular flexibility index (Phi) is 4.32. The van der Waals surface area contributed by atoms with Crippen LogP contribution in [-0.4, -0.2) is 38.1 Å². The van der Waals surface area contributed by atoms with E-state index >= 15 is 0 Å². The highest BCUT2D eigenvalue weighted by molar-refractivity contribution is 7.88. The maximum absolute atomic E-state index is 11.5. The van der Waals surface area contributed by atoms with Crippen LogP contribution in [0.2, 0.25) is 0 Å². The van der Waals surface area contributed by atoms with E-state index < -0.39 is 10.0 Å². The Morgan fingerprint density at radius 3 is 2.79 bits per heavy atom. The molecule has 0 radical (unpaired) electrons. The van der Waals surface area contributed by atoms with Gasteiger partial charge in [0.1, 0.15) is 5.76 Å². The Morgan fingerprint density at radius 2 is 2.26 bits per heavy atom. The number of sulfonamides is 1. The fourth-order valence-corrected chi connectivity index (χ4v) is 3.46. The molecule has 0 amide bonds. The Balaban J connectivity index is 1.89. The zero-order chi connectivity index (χ0) is 14.0. The summed E-state index contributed by atoms with van der Waals surface area (Å²) in [6.45, 7) is 6.00. The molecule has 2 rings (SSSR count). The summed E-state index contributed by atoms with van der Waals surface area (Å²) >= 11 is 0. The molecule has 0 saturated carbocycles. The average molecular weight is 286 g/mol. The van der Waals surface area contributed by atoms with Crippen LogP contribution in [0.3, 0.4) is 0 Å². The highest BCUT2D eigenvalue weighted by atomic mass is 32.2. The summed E-state index contributed by atoms with van der Waals surface area (Å²) < 4.78 is 30.0. The summed E-state index contributed by atoms with van der Waals surface area (Å²) in [5.41, 5.74) is 1.15. The standard InChI is InChI=1S/C13H22N2O3S/c1-10-5-7-18-13(10)8-14-12-4-6-15(9-11(12)2)19(3,16)17/h5,7,11-12,14H,4,6,8-9H2,1-3H3/t11-,12-/m1/s1. The first-order valence-electron chi connectivity index (χ1n) is 6.59. The third kappa shape index (κ3) is 3.58. The highest BCUT2D eigenvalue weighted by Crippen LogP contribution is 2.19. The van der Waals surface area contributed by atoms with Gasteiger partial charge in [0, 0.05) is 19.1 Å². The van der Waals surface area contributed by atoms with Gasteiger partial charge in [0.2, 0.25) is 10.0 Å². The van der Waals surface area contributed by atoms with E-state index in [1.807, 2.05) is 13.0 Å². The van der Waals surface area contributed by atoms with Gasteiger partial charge in [-0.25, -0.2) is 12.7 Å². The Hall–Kier alpha value is -0.850. The Bertz CT molecular complexity index is 524. The molecule has 1 aromatic heterocycles. The van der Waals surface area contributed by atoms with Crippen molar-refractivity contribution >= 4 is 10.0 Å². The van der Waals surface area contributed by atoms with Crippen molar-refractivity contribution in [2.75, 3.05) is 19.3 Å². The maximum atomic E-state index is 11.5. The van der Waals surface area contributed by atoms with Gasteiger partial charge in [0.05, 0.1) is 19.1 Å². The minimum Gasteiger partial charge on any atom is -0.468 e. The van der Waals surface area contributed by atoms with E-state index in [-0.39, 0.29) is 0 Å². The van der Waals surface area contributed by atoms with Gasteiger partial charge in [-0.05, 0) is 30.9 Å². The molecule has 0 aliphatic carbocycles. The van der Waals surface area contributed by atoms with Crippen molar-refractivity contribution in [1.29, 1.82) is 0 Å². The lowest BCUT2D eigenvalue weighted by atomic mass is 9.95. The first-order chi connectivity index (χ1) is 8.88. The molecule has 108 valence electrons. The van der Waals surface area contributed by atoms with Crippen molar-refractivity contribution in [3.8, 4) is 0 Å². The van der Waals surface area contributed by atoms with E-state index in [1.54, 1.807) is 10.6 Å². The first kappa shape index (κ1) is 14.6. The van der Waals surface area contributed by atoms with Gasteiger partial charge in [0.25, 0.3) is 0 Å². The average Bonchev–Trinajstić information content (AvgIpc) is 2.72. The first-order valence-corrected chi connectivity index (χ1v) is 8.44. The zero-order valence-corrected chi connectivity index (χ0v) is 12.5. The van der Waals surface area contributed by atoms with Crippen molar-refractivity contribution in [3.63, 3.8) is 0 Å². The molecule has 1 saturated heterocycles. The number of nitrogens with one attached hydrogen (secondary N) is 1. The summed E-state index contributed by atoms with van der Waals surface area (Å²) in [6, 6.07) is 2.29. The van der Waals surface area contributed by atoms with Gasteiger partial charge in [-0.15, -0.1) is 0 Å². The fraction of sp³-hybridized carbons (Fsp3) is 0.692. The number of aryl methyl sites for hydroxylation is 1. The van der Waals surface area contributed by atoms with Crippen LogP contribution < -0.4 is 5.32 Å². The van der Waals surface area contributed by atoms with Gasteiger partial charge < -0.3 is 9.73 Å². The second-order valence-electron chi connectivity index (χ2n) is 5.40. The fourth-order valence-electron chi connectivity index (χ4n) is 2.52. The van der Waals surface area contributed by atoms with E-state index in [2.05, 4.69) is 12.2 Å². The highest BCUT2D eigenvalue weighted by Gasteiger charge is 2.30. The molecular formula is C13H22N2O3S. The zero-order valence-electron chi connectivity index (χ0n) is 11.7. The van der Waals surface area contributed by atoms with Crippen molar-refractivity contribution in [2.24, 2.45) is 5.92 Å². The van der Waals surface area contributed by atoms with Crippen LogP contribution in [0, 0.1) is 12.8 Å². The molecule has 2 atom stereocenters. The van der Waals surface area contributed by atoms with E-state index in [0.29, 0.717) is 31.6 Å². The Labute approximate surface area is 115 Å². The predicted molar refractivity (Wildman–Crippen MR) is 74.3 cm³/mol. The second-order valence-corrected chi connectivity index (χ2v) is 7.38. The molecule has 0 spiro atoms. The monoisotopic (exact) mass is 286 g/mol. The van der Waals surface area contributed by atoms with Crippen LogP contribution in [0.25, 0.3) is 0 Å².